The summed E-state index contributed by atoms with van der Waals surface area (Å²) < 4.78 is 0. The minimum Gasteiger partial charge on any atom is -0.343 e. The van der Waals surface area contributed by atoms with Crippen LogP contribution in [0.25, 0.3) is 0 Å². The van der Waals surface area contributed by atoms with Gasteiger partial charge in [-0.05, 0) is 37.8 Å². The Hall–Kier alpha value is -0.570. The lowest BCUT2D eigenvalue weighted by Gasteiger charge is -2.27. The maximum absolute atomic E-state index is 12.3. The Morgan fingerprint density at radius 2 is 1.63 bits per heavy atom. The van der Waals surface area contributed by atoms with Gasteiger partial charge in [0.2, 0.25) is 5.91 Å². The zero-order valence-electron chi connectivity index (χ0n) is 13.7. The van der Waals surface area contributed by atoms with Gasteiger partial charge in [-0.2, -0.15) is 0 Å². The summed E-state index contributed by atoms with van der Waals surface area (Å²) >= 11 is 0. The van der Waals surface area contributed by atoms with E-state index in [0.29, 0.717) is 12.3 Å². The number of hydrogen-bond donors (Lipinski definition) is 1. The van der Waals surface area contributed by atoms with E-state index in [1.54, 1.807) is 0 Å². The normalized spacial score (nSPS) is 11.6. The highest BCUT2D eigenvalue weighted by atomic mass is 16.2. The smallest absolute Gasteiger partial charge is 0.223 e. The largest absolute Gasteiger partial charge is 0.343 e. The van der Waals surface area contributed by atoms with E-state index >= 15 is 0 Å². The first-order valence-corrected chi connectivity index (χ1v) is 7.89. The molecule has 114 valence electrons. The Bertz CT molecular complexity index is 233. The molecule has 0 bridgehead atoms. The van der Waals surface area contributed by atoms with Crippen LogP contribution in [0.1, 0.15) is 66.7 Å². The zero-order valence-corrected chi connectivity index (χ0v) is 13.7. The lowest BCUT2D eigenvalue weighted by atomic mass is 9.91. The summed E-state index contributed by atoms with van der Waals surface area (Å²) in [7, 11) is 0. The van der Waals surface area contributed by atoms with E-state index in [-0.39, 0.29) is 5.41 Å². The van der Waals surface area contributed by atoms with Crippen molar-refractivity contribution in [3.8, 4) is 0 Å². The van der Waals surface area contributed by atoms with Crippen LogP contribution in [0.2, 0.25) is 0 Å². The molecule has 0 radical (unpaired) electrons. The molecule has 3 heteroatoms. The molecule has 0 unspecified atom stereocenters. The van der Waals surface area contributed by atoms with Gasteiger partial charge >= 0.3 is 0 Å². The number of nitrogens with zero attached hydrogens (tertiary/aromatic N) is 1. The summed E-state index contributed by atoms with van der Waals surface area (Å²) in [5.74, 6) is 0.316. The average molecular weight is 270 g/mol. The van der Waals surface area contributed by atoms with Crippen molar-refractivity contribution in [1.29, 1.82) is 0 Å². The van der Waals surface area contributed by atoms with E-state index < -0.39 is 0 Å². The number of nitrogens with one attached hydrogen (secondary N) is 1. The van der Waals surface area contributed by atoms with Gasteiger partial charge in [0.25, 0.3) is 0 Å². The third-order valence-corrected chi connectivity index (χ3v) is 3.02. The average Bonchev–Trinajstić information content (AvgIpc) is 2.30. The highest BCUT2D eigenvalue weighted by Crippen LogP contribution is 2.20. The molecule has 0 aliphatic rings. The van der Waals surface area contributed by atoms with Crippen LogP contribution in [0.3, 0.4) is 0 Å². The van der Waals surface area contributed by atoms with Gasteiger partial charge in [0.15, 0.2) is 0 Å². The summed E-state index contributed by atoms with van der Waals surface area (Å²) in [6, 6.07) is 0. The van der Waals surface area contributed by atoms with Gasteiger partial charge in [0.1, 0.15) is 0 Å². The summed E-state index contributed by atoms with van der Waals surface area (Å²) in [6.07, 6.45) is 5.13. The molecule has 0 rings (SSSR count). The molecule has 0 aliphatic heterocycles. The first-order valence-electron chi connectivity index (χ1n) is 7.89. The second-order valence-electron chi connectivity index (χ2n) is 6.58. The molecule has 0 aromatic heterocycles. The lowest BCUT2D eigenvalue weighted by molar-refractivity contribution is -0.133. The monoisotopic (exact) mass is 270 g/mol. The van der Waals surface area contributed by atoms with E-state index in [2.05, 4.69) is 44.8 Å². The fourth-order valence-electron chi connectivity index (χ4n) is 1.97. The number of unbranched alkanes of at least 4 members (excludes halogenated alkanes) is 1. The van der Waals surface area contributed by atoms with Crippen LogP contribution in [0.15, 0.2) is 0 Å². The Morgan fingerprint density at radius 1 is 1.00 bits per heavy atom. The second kappa shape index (κ2) is 10.2. The van der Waals surface area contributed by atoms with Crippen molar-refractivity contribution < 1.29 is 4.79 Å². The second-order valence-corrected chi connectivity index (χ2v) is 6.58. The predicted molar refractivity (Wildman–Crippen MR) is 83.3 cm³/mol. The Balaban J connectivity index is 4.10. The predicted octanol–water partition coefficient (Wildman–Crippen LogP) is 3.44. The van der Waals surface area contributed by atoms with Crippen molar-refractivity contribution in [3.63, 3.8) is 0 Å². The molecule has 0 saturated heterocycles. The summed E-state index contributed by atoms with van der Waals surface area (Å²) in [5.41, 5.74) is 0.0853. The zero-order chi connectivity index (χ0) is 14.7. The fraction of sp³-hybridized carbons (Fsp3) is 0.938. The quantitative estimate of drug-likeness (QED) is 0.617. The van der Waals surface area contributed by atoms with Crippen LogP contribution in [-0.2, 0) is 4.79 Å². The first kappa shape index (κ1) is 18.4. The van der Waals surface area contributed by atoms with Crippen molar-refractivity contribution in [2.45, 2.75) is 66.7 Å². The van der Waals surface area contributed by atoms with Gasteiger partial charge in [-0.1, -0.05) is 41.0 Å². The molecule has 0 aromatic rings. The molecule has 0 saturated carbocycles. The van der Waals surface area contributed by atoms with Crippen LogP contribution in [0, 0.1) is 5.41 Å². The van der Waals surface area contributed by atoms with E-state index in [1.807, 2.05) is 0 Å². The molecule has 19 heavy (non-hydrogen) atoms. The number of rotatable bonds is 10. The van der Waals surface area contributed by atoms with Crippen molar-refractivity contribution in [1.82, 2.24) is 10.2 Å². The Kier molecular flexibility index (Phi) is 9.94. The van der Waals surface area contributed by atoms with Crippen molar-refractivity contribution in [2.24, 2.45) is 5.41 Å². The van der Waals surface area contributed by atoms with Gasteiger partial charge in [-0.25, -0.2) is 0 Å². The summed E-state index contributed by atoms with van der Waals surface area (Å²) in [6.45, 7) is 14.6. The first-order chi connectivity index (χ1) is 8.90. The number of amides is 1. The van der Waals surface area contributed by atoms with Crippen LogP contribution < -0.4 is 5.32 Å². The maximum Gasteiger partial charge on any atom is 0.223 e. The molecular formula is C16H34N2O. The number of carbonyl (C=O) groups is 1. The molecule has 1 amide bonds. The van der Waals surface area contributed by atoms with Gasteiger partial charge in [0, 0.05) is 19.5 Å². The minimum absolute atomic E-state index is 0.0853. The third kappa shape index (κ3) is 11.0. The van der Waals surface area contributed by atoms with Crippen LogP contribution in [0.4, 0.5) is 0 Å². The van der Waals surface area contributed by atoms with E-state index in [1.165, 1.54) is 6.42 Å². The standard InChI is InChI=1S/C16H34N2O/c1-6-8-12-18(13-9-11-17-10-7-2)15(19)14-16(3,4)5/h17H,6-14H2,1-5H3. The van der Waals surface area contributed by atoms with Crippen LogP contribution in [0.5, 0.6) is 0 Å². The van der Waals surface area contributed by atoms with Crippen molar-refractivity contribution in [3.05, 3.63) is 0 Å². The molecule has 3 nitrogen and oxygen atoms in total. The molecule has 0 spiro atoms. The Morgan fingerprint density at radius 3 is 2.16 bits per heavy atom. The van der Waals surface area contributed by atoms with Crippen molar-refractivity contribution in [2.75, 3.05) is 26.2 Å². The summed E-state index contributed by atoms with van der Waals surface area (Å²) in [4.78, 5) is 14.3. The number of hydrogen-bond acceptors (Lipinski definition) is 2. The highest BCUT2D eigenvalue weighted by Gasteiger charge is 2.20. The van der Waals surface area contributed by atoms with E-state index in [4.69, 9.17) is 0 Å². The minimum atomic E-state index is 0.0853. The number of carbonyl (C=O) groups excluding carboxylic acids is 1. The van der Waals surface area contributed by atoms with Gasteiger partial charge in [-0.3, -0.25) is 4.79 Å². The van der Waals surface area contributed by atoms with E-state index in [9.17, 15) is 4.79 Å². The summed E-state index contributed by atoms with van der Waals surface area (Å²) in [5, 5.41) is 3.40. The maximum atomic E-state index is 12.3. The van der Waals surface area contributed by atoms with Crippen molar-refractivity contribution >= 4 is 5.91 Å². The molecule has 0 heterocycles. The molecule has 0 aromatic carbocycles. The van der Waals surface area contributed by atoms with Gasteiger partial charge in [0.05, 0.1) is 0 Å². The molecule has 0 aliphatic carbocycles. The SMILES string of the molecule is CCCCN(CCCNCCC)C(=O)CC(C)(C)C. The topological polar surface area (TPSA) is 32.3 Å². The molecule has 0 fully saturated rings. The molecule has 1 N–H and O–H groups in total. The van der Waals surface area contributed by atoms with Crippen LogP contribution in [-0.4, -0.2) is 37.0 Å². The Labute approximate surface area is 120 Å². The lowest BCUT2D eigenvalue weighted by Crippen LogP contribution is -2.36. The van der Waals surface area contributed by atoms with E-state index in [0.717, 1.165) is 45.4 Å². The van der Waals surface area contributed by atoms with Gasteiger partial charge in [-0.15, -0.1) is 0 Å². The molecule has 0 atom stereocenters. The fourth-order valence-corrected chi connectivity index (χ4v) is 1.97. The molecular weight excluding hydrogens is 236 g/mol. The van der Waals surface area contributed by atoms with Crippen LogP contribution >= 0.6 is 0 Å². The van der Waals surface area contributed by atoms with Gasteiger partial charge < -0.3 is 10.2 Å². The highest BCUT2D eigenvalue weighted by molar-refractivity contribution is 5.76. The third-order valence-electron chi connectivity index (χ3n) is 3.02.